The zero-order chi connectivity index (χ0) is 24.7. The molecule has 0 saturated carbocycles. The van der Waals surface area contributed by atoms with Crippen molar-refractivity contribution in [3.05, 3.63) is 92.7 Å². The van der Waals surface area contributed by atoms with Crippen LogP contribution in [0.2, 0.25) is 0 Å². The maximum Gasteiger partial charge on any atom is 0.293 e. The Bertz CT molecular complexity index is 1360. The Labute approximate surface area is 189 Å². The molecule has 1 amide bonds. The van der Waals surface area contributed by atoms with Gasteiger partial charge in [0, 0.05) is 17.5 Å². The summed E-state index contributed by atoms with van der Waals surface area (Å²) in [5, 5.41) is 2.34. The number of pyridine rings is 1. The number of hydrogen-bond donors (Lipinski definition) is 2. The van der Waals surface area contributed by atoms with Gasteiger partial charge >= 0.3 is 0 Å². The van der Waals surface area contributed by atoms with Gasteiger partial charge in [0.25, 0.3) is 11.5 Å². The van der Waals surface area contributed by atoms with Gasteiger partial charge in [0.05, 0.1) is 5.69 Å². The first kappa shape index (κ1) is 23.1. The second kappa shape index (κ2) is 8.73. The van der Waals surface area contributed by atoms with Crippen molar-refractivity contribution in [3.8, 4) is 0 Å². The number of ketones is 1. The predicted octanol–water partition coefficient (Wildman–Crippen LogP) is 4.44. The molecule has 0 spiro atoms. The van der Waals surface area contributed by atoms with E-state index in [0.717, 1.165) is 6.07 Å². The van der Waals surface area contributed by atoms with Crippen LogP contribution in [0.5, 0.6) is 0 Å². The summed E-state index contributed by atoms with van der Waals surface area (Å²) in [7, 11) is 0. The van der Waals surface area contributed by atoms with E-state index in [1.54, 1.807) is 25.1 Å². The molecule has 0 aliphatic heterocycles. The van der Waals surface area contributed by atoms with Crippen LogP contribution in [0.25, 0.3) is 0 Å². The molecule has 11 heteroatoms. The number of rotatable bonds is 4. The molecule has 6 nitrogen and oxygen atoms in total. The Morgan fingerprint density at radius 2 is 1.50 bits per heavy atom. The first-order chi connectivity index (χ1) is 16.1. The molecule has 3 aromatic rings. The standard InChI is InChI=1S/C23H16F5N3O3/c1-10-7-14-12(15(32)8-10)9-13(29-22(33)11-5-3-2-4-6-11)23(34)31(14)30-21-19(27)17(25)16(24)18(26)20(21)28/h2-6,9-10,30H,7-8H2,1H3,(H,29,33). The summed E-state index contributed by atoms with van der Waals surface area (Å²) in [4.78, 5) is 38.3. The van der Waals surface area contributed by atoms with E-state index in [2.05, 4.69) is 5.32 Å². The lowest BCUT2D eigenvalue weighted by molar-refractivity contribution is 0.0949. The largest absolute Gasteiger partial charge is 0.317 e. The quantitative estimate of drug-likeness (QED) is 0.331. The monoisotopic (exact) mass is 477 g/mol. The Morgan fingerprint density at radius 1 is 0.912 bits per heavy atom. The van der Waals surface area contributed by atoms with Crippen molar-refractivity contribution in [1.29, 1.82) is 0 Å². The molecule has 34 heavy (non-hydrogen) atoms. The molecule has 1 atom stereocenters. The van der Waals surface area contributed by atoms with Gasteiger partial charge < -0.3 is 5.32 Å². The molecule has 2 aromatic carbocycles. The van der Waals surface area contributed by atoms with E-state index in [0.29, 0.717) is 4.68 Å². The number of halogens is 5. The summed E-state index contributed by atoms with van der Waals surface area (Å²) < 4.78 is 70.0. The van der Waals surface area contributed by atoms with E-state index < -0.39 is 57.7 Å². The minimum Gasteiger partial charge on any atom is -0.317 e. The molecule has 0 fully saturated rings. The number of anilines is 2. The molecule has 0 bridgehead atoms. The number of carbonyl (C=O) groups excluding carboxylic acids is 2. The second-order valence-corrected chi connectivity index (χ2v) is 7.87. The summed E-state index contributed by atoms with van der Waals surface area (Å²) in [6.45, 7) is 1.69. The van der Waals surface area contributed by atoms with Crippen LogP contribution in [0.4, 0.5) is 33.3 Å². The molecule has 1 heterocycles. The lowest BCUT2D eigenvalue weighted by atomic mass is 9.87. The highest BCUT2D eigenvalue weighted by molar-refractivity contribution is 6.05. The van der Waals surface area contributed by atoms with Crippen LogP contribution in [0.15, 0.2) is 41.2 Å². The van der Waals surface area contributed by atoms with E-state index in [9.17, 15) is 36.3 Å². The highest BCUT2D eigenvalue weighted by Crippen LogP contribution is 2.30. The number of hydrogen-bond acceptors (Lipinski definition) is 4. The fourth-order valence-corrected chi connectivity index (χ4v) is 3.73. The number of nitrogens with one attached hydrogen (secondary N) is 2. The maximum atomic E-state index is 14.3. The zero-order valence-electron chi connectivity index (χ0n) is 17.5. The summed E-state index contributed by atoms with van der Waals surface area (Å²) in [6, 6.07) is 8.89. The zero-order valence-corrected chi connectivity index (χ0v) is 17.5. The van der Waals surface area contributed by atoms with Crippen LogP contribution >= 0.6 is 0 Å². The van der Waals surface area contributed by atoms with Gasteiger partial charge in [-0.1, -0.05) is 25.1 Å². The highest BCUT2D eigenvalue weighted by Gasteiger charge is 2.31. The molecule has 1 aromatic heterocycles. The third-order valence-corrected chi connectivity index (χ3v) is 5.40. The number of fused-ring (bicyclic) bond motifs is 1. The lowest BCUT2D eigenvalue weighted by Crippen LogP contribution is -2.37. The van der Waals surface area contributed by atoms with Gasteiger partial charge in [-0.05, 0) is 30.5 Å². The van der Waals surface area contributed by atoms with E-state index in [1.807, 2.05) is 5.43 Å². The van der Waals surface area contributed by atoms with Crippen LogP contribution < -0.4 is 16.3 Å². The molecule has 1 aliphatic rings. The van der Waals surface area contributed by atoms with Crippen molar-refractivity contribution in [1.82, 2.24) is 4.68 Å². The van der Waals surface area contributed by atoms with E-state index >= 15 is 0 Å². The first-order valence-electron chi connectivity index (χ1n) is 10.1. The van der Waals surface area contributed by atoms with Gasteiger partial charge in [-0.25, -0.2) is 26.6 Å². The lowest BCUT2D eigenvalue weighted by Gasteiger charge is -2.26. The first-order valence-corrected chi connectivity index (χ1v) is 10.1. The average Bonchev–Trinajstić information content (AvgIpc) is 2.82. The van der Waals surface area contributed by atoms with Gasteiger partial charge in [0.1, 0.15) is 11.4 Å². The fraction of sp³-hybridized carbons (Fsp3) is 0.174. The summed E-state index contributed by atoms with van der Waals surface area (Å²) >= 11 is 0. The topological polar surface area (TPSA) is 80.2 Å². The number of nitrogens with zero attached hydrogens (tertiary/aromatic N) is 1. The Kier molecular flexibility index (Phi) is 5.94. The van der Waals surface area contributed by atoms with Crippen molar-refractivity contribution >= 4 is 23.1 Å². The van der Waals surface area contributed by atoms with Crippen molar-refractivity contribution in [2.75, 3.05) is 10.7 Å². The normalized spacial score (nSPS) is 15.1. The number of amides is 1. The summed E-state index contributed by atoms with van der Waals surface area (Å²) in [5.41, 5.74) is -0.884. The number of benzene rings is 2. The molecule has 0 saturated heterocycles. The van der Waals surface area contributed by atoms with Gasteiger partial charge in [-0.15, -0.1) is 0 Å². The van der Waals surface area contributed by atoms with Gasteiger partial charge in [0.15, 0.2) is 29.1 Å². The molecule has 176 valence electrons. The minimum atomic E-state index is -2.36. The molecule has 1 unspecified atom stereocenters. The third kappa shape index (κ3) is 3.93. The predicted molar refractivity (Wildman–Crippen MR) is 112 cm³/mol. The highest BCUT2D eigenvalue weighted by atomic mass is 19.2. The van der Waals surface area contributed by atoms with E-state index in [1.165, 1.54) is 12.1 Å². The van der Waals surface area contributed by atoms with Crippen LogP contribution in [0.1, 0.15) is 39.8 Å². The van der Waals surface area contributed by atoms with Gasteiger partial charge in [0.2, 0.25) is 5.82 Å². The third-order valence-electron chi connectivity index (χ3n) is 5.40. The molecular weight excluding hydrogens is 461 g/mol. The molecule has 1 aliphatic carbocycles. The fourth-order valence-electron chi connectivity index (χ4n) is 3.73. The van der Waals surface area contributed by atoms with Crippen LogP contribution in [-0.4, -0.2) is 16.4 Å². The van der Waals surface area contributed by atoms with Crippen LogP contribution in [0.3, 0.4) is 0 Å². The maximum absolute atomic E-state index is 14.3. The smallest absolute Gasteiger partial charge is 0.293 e. The Balaban J connectivity index is 1.88. The van der Waals surface area contributed by atoms with Crippen molar-refractivity contribution in [2.45, 2.75) is 19.8 Å². The SMILES string of the molecule is CC1CC(=O)c2cc(NC(=O)c3ccccc3)c(=O)n(Nc3c(F)c(F)c(F)c(F)c3F)c2C1. The van der Waals surface area contributed by atoms with Crippen molar-refractivity contribution < 1.29 is 31.5 Å². The second-order valence-electron chi connectivity index (χ2n) is 7.87. The van der Waals surface area contributed by atoms with E-state index in [4.69, 9.17) is 0 Å². The molecule has 2 N–H and O–H groups in total. The number of aromatic nitrogens is 1. The number of Topliss-reactive ketones (excluding diaryl/α,β-unsaturated/α-hetero) is 1. The summed E-state index contributed by atoms with van der Waals surface area (Å²) in [5.74, 6) is -12.6. The van der Waals surface area contributed by atoms with Gasteiger partial charge in [-0.3, -0.25) is 19.8 Å². The molecule has 4 rings (SSSR count). The average molecular weight is 477 g/mol. The summed E-state index contributed by atoms with van der Waals surface area (Å²) in [6.07, 6.45) is 0.186. The van der Waals surface area contributed by atoms with Crippen molar-refractivity contribution in [3.63, 3.8) is 0 Å². The van der Waals surface area contributed by atoms with E-state index in [-0.39, 0.29) is 35.6 Å². The van der Waals surface area contributed by atoms with Crippen LogP contribution in [-0.2, 0) is 6.42 Å². The van der Waals surface area contributed by atoms with Crippen molar-refractivity contribution in [2.24, 2.45) is 5.92 Å². The Hall–Kier alpha value is -4.02. The number of carbonyl (C=O) groups is 2. The van der Waals surface area contributed by atoms with Crippen LogP contribution in [0, 0.1) is 35.0 Å². The minimum absolute atomic E-state index is 0.0181. The van der Waals surface area contributed by atoms with Gasteiger partial charge in [-0.2, -0.15) is 0 Å². The molecule has 0 radical (unpaired) electrons. The Morgan fingerprint density at radius 3 is 2.12 bits per heavy atom. The molecular formula is C23H16F5N3O3.